The molecule has 1 fully saturated rings. The number of hydrogen-bond donors (Lipinski definition) is 2. The Balaban J connectivity index is 2.33. The van der Waals surface area contributed by atoms with Crippen LogP contribution in [0.4, 0.5) is 11.4 Å². The molecule has 18 heavy (non-hydrogen) atoms. The minimum absolute atomic E-state index is 0.418. The number of rotatable bonds is 3. The summed E-state index contributed by atoms with van der Waals surface area (Å²) in [5.41, 5.74) is 13.0. The number of benzene rings is 1. The number of carbonyl (C=O) groups excluding carboxylic acids is 1. The van der Waals surface area contributed by atoms with E-state index in [1.165, 1.54) is 12.8 Å². The molecular formula is C14H21N3O. The van der Waals surface area contributed by atoms with Crippen molar-refractivity contribution in [2.75, 3.05) is 17.2 Å². The topological polar surface area (TPSA) is 72.3 Å². The molecule has 1 aromatic carbocycles. The summed E-state index contributed by atoms with van der Waals surface area (Å²) in [6.07, 6.45) is 2.40. The van der Waals surface area contributed by atoms with E-state index in [0.717, 1.165) is 12.2 Å². The number of nitrogens with zero attached hydrogens (tertiary/aromatic N) is 1. The van der Waals surface area contributed by atoms with E-state index < -0.39 is 5.91 Å². The van der Waals surface area contributed by atoms with Crippen LogP contribution in [0.2, 0.25) is 0 Å². The van der Waals surface area contributed by atoms with Crippen LogP contribution < -0.4 is 16.4 Å². The molecule has 0 bridgehead atoms. The summed E-state index contributed by atoms with van der Waals surface area (Å²) >= 11 is 0. The molecule has 98 valence electrons. The van der Waals surface area contributed by atoms with Gasteiger partial charge in [0.2, 0.25) is 0 Å². The third-order valence-electron chi connectivity index (χ3n) is 3.70. The number of primary amides is 1. The third-order valence-corrected chi connectivity index (χ3v) is 3.70. The lowest BCUT2D eigenvalue weighted by Gasteiger charge is -2.30. The normalized spacial score (nSPS) is 19.5. The molecule has 1 unspecified atom stereocenters. The number of hydrogen-bond acceptors (Lipinski definition) is 3. The van der Waals surface area contributed by atoms with Crippen molar-refractivity contribution in [2.24, 2.45) is 11.7 Å². The lowest BCUT2D eigenvalue weighted by Crippen LogP contribution is -2.33. The minimum Gasteiger partial charge on any atom is -0.398 e. The van der Waals surface area contributed by atoms with Crippen LogP contribution in [0.25, 0.3) is 0 Å². The molecule has 2 rings (SSSR count). The van der Waals surface area contributed by atoms with E-state index in [2.05, 4.69) is 18.7 Å². The second-order valence-corrected chi connectivity index (χ2v) is 5.28. The molecule has 0 aromatic heterocycles. The van der Waals surface area contributed by atoms with E-state index in [0.29, 0.717) is 23.2 Å². The molecule has 4 N–H and O–H groups in total. The van der Waals surface area contributed by atoms with Crippen molar-refractivity contribution in [1.82, 2.24) is 0 Å². The fraction of sp³-hybridized carbons (Fsp3) is 0.500. The van der Waals surface area contributed by atoms with Crippen LogP contribution in [-0.2, 0) is 0 Å². The second kappa shape index (κ2) is 4.88. The molecule has 4 nitrogen and oxygen atoms in total. The van der Waals surface area contributed by atoms with Crippen LogP contribution >= 0.6 is 0 Å². The standard InChI is InChI=1S/C14H21N3O/c1-9(2)13-4-3-7-17(13)10-5-6-12(15)11(8-10)14(16)18/h5-6,8-9,13H,3-4,7,15H2,1-2H3,(H2,16,18). The average Bonchev–Trinajstić information content (AvgIpc) is 2.78. The van der Waals surface area contributed by atoms with Gasteiger partial charge in [0.05, 0.1) is 5.56 Å². The Morgan fingerprint density at radius 3 is 2.78 bits per heavy atom. The quantitative estimate of drug-likeness (QED) is 0.802. The lowest BCUT2D eigenvalue weighted by molar-refractivity contribution is 0.100. The van der Waals surface area contributed by atoms with Gasteiger partial charge >= 0.3 is 0 Å². The maximum absolute atomic E-state index is 11.3. The highest BCUT2D eigenvalue weighted by Gasteiger charge is 2.27. The van der Waals surface area contributed by atoms with Gasteiger partial charge in [-0.2, -0.15) is 0 Å². The van der Waals surface area contributed by atoms with Crippen molar-refractivity contribution >= 4 is 17.3 Å². The predicted octanol–water partition coefficient (Wildman–Crippen LogP) is 1.99. The van der Waals surface area contributed by atoms with Crippen LogP contribution in [0, 0.1) is 5.92 Å². The molecule has 0 saturated carbocycles. The Labute approximate surface area is 108 Å². The smallest absolute Gasteiger partial charge is 0.250 e. The largest absolute Gasteiger partial charge is 0.398 e. The van der Waals surface area contributed by atoms with Gasteiger partial charge in [0, 0.05) is 24.0 Å². The first-order valence-corrected chi connectivity index (χ1v) is 6.46. The highest BCUT2D eigenvalue weighted by Crippen LogP contribution is 2.31. The zero-order valence-electron chi connectivity index (χ0n) is 11.0. The summed E-state index contributed by atoms with van der Waals surface area (Å²) in [5, 5.41) is 0. The van der Waals surface area contributed by atoms with Crippen LogP contribution in [0.3, 0.4) is 0 Å². The van der Waals surface area contributed by atoms with Crippen molar-refractivity contribution in [3.63, 3.8) is 0 Å². The fourth-order valence-corrected chi connectivity index (χ4v) is 2.74. The monoisotopic (exact) mass is 247 g/mol. The van der Waals surface area contributed by atoms with Gasteiger partial charge in [-0.15, -0.1) is 0 Å². The summed E-state index contributed by atoms with van der Waals surface area (Å²) < 4.78 is 0. The Kier molecular flexibility index (Phi) is 3.45. The number of carbonyl (C=O) groups is 1. The van der Waals surface area contributed by atoms with Crippen LogP contribution in [-0.4, -0.2) is 18.5 Å². The maximum Gasteiger partial charge on any atom is 0.250 e. The van der Waals surface area contributed by atoms with Gasteiger partial charge in [-0.3, -0.25) is 4.79 Å². The Bertz CT molecular complexity index is 456. The van der Waals surface area contributed by atoms with E-state index in [9.17, 15) is 4.79 Å². The summed E-state index contributed by atoms with van der Waals surface area (Å²) in [5.74, 6) is 0.136. The molecule has 0 spiro atoms. The molecule has 1 atom stereocenters. The van der Waals surface area contributed by atoms with E-state index >= 15 is 0 Å². The zero-order valence-corrected chi connectivity index (χ0v) is 11.0. The molecular weight excluding hydrogens is 226 g/mol. The second-order valence-electron chi connectivity index (χ2n) is 5.28. The molecule has 1 amide bonds. The first-order chi connectivity index (χ1) is 8.50. The number of nitrogen functional groups attached to an aromatic ring is 1. The van der Waals surface area contributed by atoms with Gasteiger partial charge in [-0.05, 0) is 37.0 Å². The van der Waals surface area contributed by atoms with E-state index in [1.54, 1.807) is 6.07 Å². The van der Waals surface area contributed by atoms with E-state index in [1.807, 2.05) is 12.1 Å². The molecule has 0 radical (unpaired) electrons. The van der Waals surface area contributed by atoms with E-state index in [-0.39, 0.29) is 0 Å². The molecule has 4 heteroatoms. The lowest BCUT2D eigenvalue weighted by atomic mass is 10.0. The first kappa shape index (κ1) is 12.7. The van der Waals surface area contributed by atoms with E-state index in [4.69, 9.17) is 11.5 Å². The number of nitrogens with two attached hydrogens (primary N) is 2. The maximum atomic E-state index is 11.3. The van der Waals surface area contributed by atoms with Gasteiger partial charge in [-0.25, -0.2) is 0 Å². The number of amides is 1. The predicted molar refractivity (Wildman–Crippen MR) is 74.6 cm³/mol. The van der Waals surface area contributed by atoms with Crippen LogP contribution in [0.15, 0.2) is 18.2 Å². The van der Waals surface area contributed by atoms with Crippen molar-refractivity contribution in [3.05, 3.63) is 23.8 Å². The molecule has 1 aliphatic heterocycles. The zero-order chi connectivity index (χ0) is 13.3. The van der Waals surface area contributed by atoms with Crippen LogP contribution in [0.5, 0.6) is 0 Å². The SMILES string of the molecule is CC(C)C1CCCN1c1ccc(N)c(C(N)=O)c1. The Morgan fingerprint density at radius 2 is 2.17 bits per heavy atom. The Morgan fingerprint density at radius 1 is 1.44 bits per heavy atom. The van der Waals surface area contributed by atoms with Gasteiger partial charge in [0.1, 0.15) is 0 Å². The van der Waals surface area contributed by atoms with Crippen molar-refractivity contribution in [1.29, 1.82) is 0 Å². The van der Waals surface area contributed by atoms with Gasteiger partial charge in [0.25, 0.3) is 5.91 Å². The summed E-state index contributed by atoms with van der Waals surface area (Å²) in [6, 6.07) is 6.10. The first-order valence-electron chi connectivity index (χ1n) is 6.46. The highest BCUT2D eigenvalue weighted by atomic mass is 16.1. The fourth-order valence-electron chi connectivity index (χ4n) is 2.74. The third kappa shape index (κ3) is 2.28. The molecule has 1 saturated heterocycles. The van der Waals surface area contributed by atoms with Gasteiger partial charge in [-0.1, -0.05) is 13.8 Å². The summed E-state index contributed by atoms with van der Waals surface area (Å²) in [4.78, 5) is 13.7. The molecule has 1 heterocycles. The van der Waals surface area contributed by atoms with Crippen molar-refractivity contribution in [3.8, 4) is 0 Å². The van der Waals surface area contributed by atoms with Gasteiger partial charge in [0.15, 0.2) is 0 Å². The minimum atomic E-state index is -0.463. The average molecular weight is 247 g/mol. The summed E-state index contributed by atoms with van der Waals surface area (Å²) in [6.45, 7) is 5.50. The molecule has 0 aliphatic carbocycles. The molecule has 1 aromatic rings. The number of anilines is 2. The molecule has 1 aliphatic rings. The summed E-state index contributed by atoms with van der Waals surface area (Å²) in [7, 11) is 0. The highest BCUT2D eigenvalue weighted by molar-refractivity contribution is 5.99. The van der Waals surface area contributed by atoms with Crippen molar-refractivity contribution in [2.45, 2.75) is 32.7 Å². The Hall–Kier alpha value is -1.71. The van der Waals surface area contributed by atoms with Gasteiger partial charge < -0.3 is 16.4 Å². The van der Waals surface area contributed by atoms with Crippen molar-refractivity contribution < 1.29 is 4.79 Å². The van der Waals surface area contributed by atoms with Crippen LogP contribution in [0.1, 0.15) is 37.0 Å².